The summed E-state index contributed by atoms with van der Waals surface area (Å²) >= 11 is 12.0. The molecule has 1 saturated heterocycles. The lowest BCUT2D eigenvalue weighted by atomic mass is 10.1. The zero-order valence-corrected chi connectivity index (χ0v) is 11.3. The van der Waals surface area contributed by atoms with Crippen molar-refractivity contribution < 1.29 is 4.74 Å². The molecule has 1 fully saturated rings. The van der Waals surface area contributed by atoms with Crippen LogP contribution in [0, 0.1) is 0 Å². The van der Waals surface area contributed by atoms with E-state index in [1.54, 1.807) is 13.2 Å². The highest BCUT2D eigenvalue weighted by atomic mass is 35.5. The van der Waals surface area contributed by atoms with Gasteiger partial charge in [-0.3, -0.25) is 4.90 Å². The Hall–Kier alpha value is -0.480. The van der Waals surface area contributed by atoms with E-state index in [9.17, 15) is 0 Å². The molecule has 0 unspecified atom stereocenters. The van der Waals surface area contributed by atoms with E-state index in [1.807, 2.05) is 6.07 Å². The first-order valence-corrected chi connectivity index (χ1v) is 6.41. The summed E-state index contributed by atoms with van der Waals surface area (Å²) in [4.78, 5) is 2.37. The average Bonchev–Trinajstić information content (AvgIpc) is 2.35. The van der Waals surface area contributed by atoms with Crippen LogP contribution in [0.25, 0.3) is 0 Å². The van der Waals surface area contributed by atoms with Crippen LogP contribution < -0.4 is 10.1 Å². The van der Waals surface area contributed by atoms with E-state index in [-0.39, 0.29) is 0 Å². The molecule has 0 saturated carbocycles. The lowest BCUT2D eigenvalue weighted by molar-refractivity contribution is 0.230. The third-order valence-electron chi connectivity index (χ3n) is 2.93. The van der Waals surface area contributed by atoms with Crippen LogP contribution in [0.1, 0.15) is 5.56 Å². The number of rotatable bonds is 3. The van der Waals surface area contributed by atoms with E-state index < -0.39 is 0 Å². The minimum atomic E-state index is 0.535. The summed E-state index contributed by atoms with van der Waals surface area (Å²) in [6.45, 7) is 5.00. The summed E-state index contributed by atoms with van der Waals surface area (Å²) in [7, 11) is 1.65. The first-order chi connectivity index (χ1) is 8.20. The molecule has 1 heterocycles. The van der Waals surface area contributed by atoms with Gasteiger partial charge in [-0.15, -0.1) is 0 Å². The third kappa shape index (κ3) is 3.26. The van der Waals surface area contributed by atoms with Crippen molar-refractivity contribution >= 4 is 23.2 Å². The lowest BCUT2D eigenvalue weighted by Gasteiger charge is -2.27. The second kappa shape index (κ2) is 5.91. The summed E-state index contributed by atoms with van der Waals surface area (Å²) in [5.74, 6) is 0.804. The monoisotopic (exact) mass is 274 g/mol. The number of nitrogens with zero attached hydrogens (tertiary/aromatic N) is 1. The Morgan fingerprint density at radius 3 is 2.53 bits per heavy atom. The van der Waals surface area contributed by atoms with Gasteiger partial charge in [0.1, 0.15) is 5.75 Å². The maximum atomic E-state index is 6.04. The van der Waals surface area contributed by atoms with Gasteiger partial charge in [-0.25, -0.2) is 0 Å². The maximum Gasteiger partial charge on any atom is 0.124 e. The second-order valence-corrected chi connectivity index (χ2v) is 4.92. The molecule has 2 rings (SSSR count). The van der Waals surface area contributed by atoms with E-state index in [4.69, 9.17) is 27.9 Å². The maximum absolute atomic E-state index is 6.04. The number of piperazine rings is 1. The van der Waals surface area contributed by atoms with Gasteiger partial charge in [0, 0.05) is 44.4 Å². The van der Waals surface area contributed by atoms with Crippen molar-refractivity contribution in [1.29, 1.82) is 0 Å². The molecule has 0 atom stereocenters. The summed E-state index contributed by atoms with van der Waals surface area (Å²) in [6, 6.07) is 3.67. The summed E-state index contributed by atoms with van der Waals surface area (Å²) < 4.78 is 5.34. The van der Waals surface area contributed by atoms with Gasteiger partial charge in [0.15, 0.2) is 0 Å². The van der Waals surface area contributed by atoms with Crippen LogP contribution in [0.4, 0.5) is 0 Å². The van der Waals surface area contributed by atoms with Crippen molar-refractivity contribution in [2.24, 2.45) is 0 Å². The van der Waals surface area contributed by atoms with Gasteiger partial charge in [-0.2, -0.15) is 0 Å². The van der Waals surface area contributed by atoms with Crippen molar-refractivity contribution in [2.45, 2.75) is 6.54 Å². The van der Waals surface area contributed by atoms with Gasteiger partial charge in [0.2, 0.25) is 0 Å². The van der Waals surface area contributed by atoms with E-state index in [1.165, 1.54) is 0 Å². The smallest absolute Gasteiger partial charge is 0.124 e. The fraction of sp³-hybridized carbons (Fsp3) is 0.500. The van der Waals surface area contributed by atoms with Crippen LogP contribution in [0.3, 0.4) is 0 Å². The molecule has 94 valence electrons. The molecule has 1 aromatic rings. The van der Waals surface area contributed by atoms with E-state index in [0.29, 0.717) is 10.0 Å². The minimum absolute atomic E-state index is 0.535. The van der Waals surface area contributed by atoms with Crippen molar-refractivity contribution in [3.8, 4) is 5.75 Å². The first-order valence-electron chi connectivity index (χ1n) is 5.65. The van der Waals surface area contributed by atoms with Crippen LogP contribution in [-0.2, 0) is 6.54 Å². The van der Waals surface area contributed by atoms with Gasteiger partial charge in [-0.1, -0.05) is 23.2 Å². The topological polar surface area (TPSA) is 24.5 Å². The Balaban J connectivity index is 2.15. The molecule has 17 heavy (non-hydrogen) atoms. The molecule has 1 N–H and O–H groups in total. The fourth-order valence-corrected chi connectivity index (χ4v) is 2.33. The van der Waals surface area contributed by atoms with Crippen molar-refractivity contribution in [2.75, 3.05) is 33.3 Å². The highest BCUT2D eigenvalue weighted by Gasteiger charge is 2.14. The van der Waals surface area contributed by atoms with Gasteiger partial charge in [-0.05, 0) is 6.07 Å². The minimum Gasteiger partial charge on any atom is -0.496 e. The molecule has 0 aliphatic carbocycles. The van der Waals surface area contributed by atoms with Gasteiger partial charge >= 0.3 is 0 Å². The Labute approximate surface area is 112 Å². The molecule has 0 amide bonds. The third-order valence-corrected chi connectivity index (χ3v) is 3.65. The predicted octanol–water partition coefficient (Wildman–Crippen LogP) is 2.41. The number of hydrogen-bond donors (Lipinski definition) is 1. The van der Waals surface area contributed by atoms with Crippen molar-refractivity contribution in [3.05, 3.63) is 27.7 Å². The molecule has 1 aliphatic heterocycles. The van der Waals surface area contributed by atoms with Crippen LogP contribution in [-0.4, -0.2) is 38.2 Å². The highest BCUT2D eigenvalue weighted by Crippen LogP contribution is 2.31. The first kappa shape index (κ1) is 13.0. The second-order valence-electron chi connectivity index (χ2n) is 4.10. The molecule has 1 aromatic carbocycles. The fourth-order valence-electron chi connectivity index (χ4n) is 1.99. The van der Waals surface area contributed by atoms with E-state index in [0.717, 1.165) is 44.0 Å². The Morgan fingerprint density at radius 1 is 1.24 bits per heavy atom. The summed E-state index contributed by atoms with van der Waals surface area (Å²) in [5.41, 5.74) is 1.09. The number of methoxy groups -OCH3 is 1. The molecular weight excluding hydrogens is 259 g/mol. The number of hydrogen-bond acceptors (Lipinski definition) is 3. The van der Waals surface area contributed by atoms with Crippen molar-refractivity contribution in [3.63, 3.8) is 0 Å². The number of halogens is 2. The largest absolute Gasteiger partial charge is 0.496 e. The Morgan fingerprint density at radius 2 is 1.88 bits per heavy atom. The molecule has 0 bridgehead atoms. The summed E-state index contributed by atoms with van der Waals surface area (Å²) in [6.07, 6.45) is 0. The van der Waals surface area contributed by atoms with Gasteiger partial charge < -0.3 is 10.1 Å². The normalized spacial score (nSPS) is 17.1. The molecule has 0 aromatic heterocycles. The van der Waals surface area contributed by atoms with Crippen LogP contribution in [0.15, 0.2) is 12.1 Å². The number of ether oxygens (including phenoxy) is 1. The predicted molar refractivity (Wildman–Crippen MR) is 71.2 cm³/mol. The standard InChI is InChI=1S/C12H16Cl2N2O/c1-17-12-7-11(14)10(13)6-9(12)8-16-4-2-15-3-5-16/h6-7,15H,2-5,8H2,1H3. The molecule has 0 spiro atoms. The van der Waals surface area contributed by atoms with Crippen LogP contribution >= 0.6 is 23.2 Å². The quantitative estimate of drug-likeness (QED) is 0.916. The van der Waals surface area contributed by atoms with Crippen LogP contribution in [0.5, 0.6) is 5.75 Å². The SMILES string of the molecule is COc1cc(Cl)c(Cl)cc1CN1CCNCC1. The van der Waals surface area contributed by atoms with Gasteiger partial charge in [0.25, 0.3) is 0 Å². The van der Waals surface area contributed by atoms with Crippen molar-refractivity contribution in [1.82, 2.24) is 10.2 Å². The molecule has 0 radical (unpaired) electrons. The molecule has 3 nitrogen and oxygen atoms in total. The van der Waals surface area contributed by atoms with E-state index in [2.05, 4.69) is 10.2 Å². The average molecular weight is 275 g/mol. The zero-order valence-electron chi connectivity index (χ0n) is 9.80. The molecule has 5 heteroatoms. The number of benzene rings is 1. The van der Waals surface area contributed by atoms with Crippen LogP contribution in [0.2, 0.25) is 10.0 Å². The Kier molecular flexibility index (Phi) is 4.51. The number of nitrogens with one attached hydrogen (secondary N) is 1. The molecular formula is C12H16Cl2N2O. The zero-order chi connectivity index (χ0) is 12.3. The highest BCUT2D eigenvalue weighted by molar-refractivity contribution is 6.42. The lowest BCUT2D eigenvalue weighted by Crippen LogP contribution is -2.42. The Bertz CT molecular complexity index is 392. The summed E-state index contributed by atoms with van der Waals surface area (Å²) in [5, 5.41) is 4.45. The molecule has 1 aliphatic rings. The van der Waals surface area contributed by atoms with E-state index >= 15 is 0 Å². The van der Waals surface area contributed by atoms with Gasteiger partial charge in [0.05, 0.1) is 17.2 Å².